The van der Waals surface area contributed by atoms with Crippen molar-refractivity contribution in [3.8, 4) is 0 Å². The second kappa shape index (κ2) is 67.9. The van der Waals surface area contributed by atoms with Crippen LogP contribution in [0.1, 0.15) is 380 Å². The molecule has 6 heteroatoms. The summed E-state index contributed by atoms with van der Waals surface area (Å²) in [6.45, 7) is 6.69. The Morgan fingerprint density at radius 2 is 0.456 bits per heavy atom. The van der Waals surface area contributed by atoms with Gasteiger partial charge in [-0.1, -0.05) is 326 Å². The number of ether oxygens (including phenoxy) is 3. The van der Waals surface area contributed by atoms with Gasteiger partial charge in [-0.25, -0.2) is 0 Å². The van der Waals surface area contributed by atoms with E-state index in [0.717, 1.165) is 70.6 Å². The number of esters is 3. The lowest BCUT2D eigenvalue weighted by atomic mass is 10.0. The van der Waals surface area contributed by atoms with E-state index < -0.39 is 6.10 Å². The van der Waals surface area contributed by atoms with E-state index in [4.69, 9.17) is 14.2 Å². The molecule has 0 aliphatic carbocycles. The Bertz CT molecular complexity index is 1360. The number of allylic oxidation sites excluding steroid dienone is 8. The third kappa shape index (κ3) is 66.1. The zero-order valence-electron chi connectivity index (χ0n) is 53.2. The van der Waals surface area contributed by atoms with Gasteiger partial charge in [-0.3, -0.25) is 14.4 Å². The lowest BCUT2D eigenvalue weighted by Crippen LogP contribution is -2.30. The predicted octanol–water partition coefficient (Wildman–Crippen LogP) is 24.1. The summed E-state index contributed by atoms with van der Waals surface area (Å²) in [6.07, 6.45) is 85.5. The highest BCUT2D eigenvalue weighted by Gasteiger charge is 2.19. The molecule has 462 valence electrons. The monoisotopic (exact) mass is 1110 g/mol. The molecule has 0 heterocycles. The quantitative estimate of drug-likeness (QED) is 0.0261. The SMILES string of the molecule is CCCCCCC/C=C\C/C=C\C/C=C\CCCCCCCCCCCCC(=O)OCC(COC(=O)CCCCCCCCC/C=C\CCCCCCCC)OC(=O)CCCCCCCCCCCCCCCCCCCCC. The van der Waals surface area contributed by atoms with Crippen LogP contribution in [-0.4, -0.2) is 37.2 Å². The van der Waals surface area contributed by atoms with Crippen molar-refractivity contribution >= 4 is 17.9 Å². The minimum Gasteiger partial charge on any atom is -0.462 e. The molecule has 0 amide bonds. The molecule has 0 saturated heterocycles. The summed E-state index contributed by atoms with van der Waals surface area (Å²) in [6, 6.07) is 0. The fourth-order valence-corrected chi connectivity index (χ4v) is 10.5. The van der Waals surface area contributed by atoms with Gasteiger partial charge >= 0.3 is 17.9 Å². The maximum atomic E-state index is 13.0. The van der Waals surface area contributed by atoms with Gasteiger partial charge in [0.05, 0.1) is 0 Å². The number of hydrogen-bond donors (Lipinski definition) is 0. The molecular formula is C73H134O6. The van der Waals surface area contributed by atoms with Crippen LogP contribution in [0.2, 0.25) is 0 Å². The van der Waals surface area contributed by atoms with Crippen LogP contribution >= 0.6 is 0 Å². The molecule has 0 aromatic carbocycles. The summed E-state index contributed by atoms with van der Waals surface area (Å²) >= 11 is 0. The van der Waals surface area contributed by atoms with E-state index >= 15 is 0 Å². The smallest absolute Gasteiger partial charge is 0.306 e. The molecule has 0 aliphatic heterocycles. The fraction of sp³-hybridized carbons (Fsp3) is 0.849. The number of carbonyl (C=O) groups excluding carboxylic acids is 3. The van der Waals surface area contributed by atoms with E-state index in [-0.39, 0.29) is 31.1 Å². The minimum absolute atomic E-state index is 0.0723. The largest absolute Gasteiger partial charge is 0.462 e. The minimum atomic E-state index is -0.776. The molecule has 0 aromatic heterocycles. The predicted molar refractivity (Wildman–Crippen MR) is 344 cm³/mol. The molecule has 0 aromatic rings. The number of carbonyl (C=O) groups is 3. The first-order valence-corrected chi connectivity index (χ1v) is 35.1. The average Bonchev–Trinajstić information content (AvgIpc) is 3.45. The highest BCUT2D eigenvalue weighted by Crippen LogP contribution is 2.18. The molecule has 0 radical (unpaired) electrons. The molecule has 0 spiro atoms. The Hall–Kier alpha value is -2.63. The third-order valence-corrected chi connectivity index (χ3v) is 15.8. The topological polar surface area (TPSA) is 78.9 Å². The first-order valence-electron chi connectivity index (χ1n) is 35.1. The Balaban J connectivity index is 4.32. The van der Waals surface area contributed by atoms with E-state index in [1.807, 2.05) is 0 Å². The van der Waals surface area contributed by atoms with Crippen molar-refractivity contribution in [1.82, 2.24) is 0 Å². The van der Waals surface area contributed by atoms with Crippen molar-refractivity contribution in [2.45, 2.75) is 386 Å². The number of hydrogen-bond acceptors (Lipinski definition) is 6. The van der Waals surface area contributed by atoms with Crippen LogP contribution in [0.3, 0.4) is 0 Å². The Labute approximate surface area is 492 Å². The van der Waals surface area contributed by atoms with Crippen molar-refractivity contribution in [3.05, 3.63) is 48.6 Å². The molecule has 0 rings (SSSR count). The summed E-state index contributed by atoms with van der Waals surface area (Å²) in [5.41, 5.74) is 0. The number of unbranched alkanes of at least 4 members (excludes halogenated alkanes) is 46. The van der Waals surface area contributed by atoms with E-state index in [9.17, 15) is 14.4 Å². The summed E-state index contributed by atoms with van der Waals surface area (Å²) in [5.74, 6) is -0.853. The number of rotatable bonds is 65. The first kappa shape index (κ1) is 76.4. The van der Waals surface area contributed by atoms with Crippen molar-refractivity contribution < 1.29 is 28.6 Å². The zero-order valence-corrected chi connectivity index (χ0v) is 53.2. The van der Waals surface area contributed by atoms with Crippen LogP contribution in [0.15, 0.2) is 48.6 Å². The maximum Gasteiger partial charge on any atom is 0.306 e. The highest BCUT2D eigenvalue weighted by molar-refractivity contribution is 5.71. The second-order valence-electron chi connectivity index (χ2n) is 23.8. The van der Waals surface area contributed by atoms with Crippen molar-refractivity contribution in [3.63, 3.8) is 0 Å². The molecule has 1 unspecified atom stereocenters. The van der Waals surface area contributed by atoms with E-state index in [0.29, 0.717) is 19.3 Å². The lowest BCUT2D eigenvalue weighted by Gasteiger charge is -2.18. The maximum absolute atomic E-state index is 13.0. The average molecular weight is 1110 g/mol. The molecule has 0 bridgehead atoms. The molecule has 79 heavy (non-hydrogen) atoms. The summed E-state index contributed by atoms with van der Waals surface area (Å²) in [7, 11) is 0. The van der Waals surface area contributed by atoms with Crippen LogP contribution < -0.4 is 0 Å². The summed E-state index contributed by atoms with van der Waals surface area (Å²) < 4.78 is 17.0. The van der Waals surface area contributed by atoms with Gasteiger partial charge in [0, 0.05) is 19.3 Å². The van der Waals surface area contributed by atoms with Gasteiger partial charge in [-0.05, 0) is 83.5 Å². The molecule has 6 nitrogen and oxygen atoms in total. The van der Waals surface area contributed by atoms with Gasteiger partial charge in [0.1, 0.15) is 13.2 Å². The van der Waals surface area contributed by atoms with Gasteiger partial charge in [0.2, 0.25) is 0 Å². The van der Waals surface area contributed by atoms with Crippen molar-refractivity contribution in [2.24, 2.45) is 0 Å². The summed E-state index contributed by atoms with van der Waals surface area (Å²) in [4.78, 5) is 38.5. The standard InChI is InChI=1S/C73H134O6/c1-4-7-10-13-16-19-22-25-28-31-33-34-35-36-37-38-40-42-45-48-51-54-57-60-63-66-72(75)78-69-70(68-77-71(74)65-62-59-56-53-50-47-44-41-30-27-24-21-18-15-12-9-6-3)79-73(76)67-64-61-58-55-52-49-46-43-39-32-29-26-23-20-17-14-11-8-5-2/h22,25,27,30-31,33,35-36,70H,4-21,23-24,26,28-29,32,34,37-69H2,1-3H3/b25-22-,30-27-,33-31-,36-35-. The molecule has 0 saturated carbocycles. The normalized spacial score (nSPS) is 12.3. The Morgan fingerprint density at radius 3 is 0.722 bits per heavy atom. The Kier molecular flexibility index (Phi) is 65.6. The van der Waals surface area contributed by atoms with Crippen LogP contribution in [-0.2, 0) is 28.6 Å². The van der Waals surface area contributed by atoms with Crippen LogP contribution in [0.25, 0.3) is 0 Å². The van der Waals surface area contributed by atoms with E-state index in [1.54, 1.807) is 0 Å². The molecule has 0 aliphatic rings. The van der Waals surface area contributed by atoms with Crippen LogP contribution in [0, 0.1) is 0 Å². The lowest BCUT2D eigenvalue weighted by molar-refractivity contribution is -0.167. The first-order chi connectivity index (χ1) is 39.0. The molecular weight excluding hydrogens is 973 g/mol. The van der Waals surface area contributed by atoms with E-state index in [2.05, 4.69) is 69.4 Å². The van der Waals surface area contributed by atoms with Gasteiger partial charge < -0.3 is 14.2 Å². The fourth-order valence-electron chi connectivity index (χ4n) is 10.5. The van der Waals surface area contributed by atoms with Crippen LogP contribution in [0.5, 0.6) is 0 Å². The van der Waals surface area contributed by atoms with Gasteiger partial charge in [-0.2, -0.15) is 0 Å². The third-order valence-electron chi connectivity index (χ3n) is 15.8. The van der Waals surface area contributed by atoms with Crippen molar-refractivity contribution in [2.75, 3.05) is 13.2 Å². The van der Waals surface area contributed by atoms with Gasteiger partial charge in [-0.15, -0.1) is 0 Å². The van der Waals surface area contributed by atoms with E-state index in [1.165, 1.54) is 270 Å². The van der Waals surface area contributed by atoms with Crippen LogP contribution in [0.4, 0.5) is 0 Å². The zero-order chi connectivity index (χ0) is 57.1. The Morgan fingerprint density at radius 1 is 0.253 bits per heavy atom. The van der Waals surface area contributed by atoms with Gasteiger partial charge in [0.25, 0.3) is 0 Å². The summed E-state index contributed by atoms with van der Waals surface area (Å²) in [5, 5.41) is 0. The molecule has 0 fully saturated rings. The molecule has 0 N–H and O–H groups in total. The second-order valence-corrected chi connectivity index (χ2v) is 23.8. The van der Waals surface area contributed by atoms with Crippen molar-refractivity contribution in [1.29, 1.82) is 0 Å². The molecule has 1 atom stereocenters. The van der Waals surface area contributed by atoms with Gasteiger partial charge in [0.15, 0.2) is 6.10 Å². The highest BCUT2D eigenvalue weighted by atomic mass is 16.6.